The maximum absolute atomic E-state index is 13.2. The quantitative estimate of drug-likeness (QED) is 0.544. The van der Waals surface area contributed by atoms with Gasteiger partial charge >= 0.3 is 6.18 Å². The summed E-state index contributed by atoms with van der Waals surface area (Å²) < 4.78 is 40.0. The number of alkyl halides is 3. The lowest BCUT2D eigenvalue weighted by atomic mass is 10.2. The Labute approximate surface area is 172 Å². The van der Waals surface area contributed by atoms with Crippen molar-refractivity contribution in [2.24, 2.45) is 0 Å². The number of halogens is 4. The van der Waals surface area contributed by atoms with Crippen molar-refractivity contribution in [1.29, 1.82) is 0 Å². The zero-order valence-electron chi connectivity index (χ0n) is 14.6. The number of pyridine rings is 1. The van der Waals surface area contributed by atoms with Crippen LogP contribution in [0.2, 0.25) is 5.02 Å². The van der Waals surface area contributed by atoms with Gasteiger partial charge in [-0.2, -0.15) is 13.2 Å². The van der Waals surface area contributed by atoms with Gasteiger partial charge in [-0.05, 0) is 30.3 Å². The third kappa shape index (κ3) is 3.65. The molecule has 0 N–H and O–H groups in total. The highest BCUT2D eigenvalue weighted by Crippen LogP contribution is 2.47. The monoisotopic (exact) mass is 436 g/mol. The van der Waals surface area contributed by atoms with Crippen LogP contribution in [0.25, 0.3) is 0 Å². The molecular weight excluding hydrogens is 425 g/mol. The van der Waals surface area contributed by atoms with Crippen LogP contribution >= 0.6 is 23.4 Å². The molecule has 1 aliphatic heterocycles. The lowest BCUT2D eigenvalue weighted by Gasteiger charge is -2.31. The van der Waals surface area contributed by atoms with Crippen molar-refractivity contribution < 1.29 is 18.0 Å². The zero-order valence-corrected chi connectivity index (χ0v) is 16.2. The average Bonchev–Trinajstić information content (AvgIpc) is 2.68. The average molecular weight is 437 g/mol. The van der Waals surface area contributed by atoms with Gasteiger partial charge in [-0.15, -0.1) is 0 Å². The molecule has 1 amide bonds. The van der Waals surface area contributed by atoms with E-state index in [4.69, 9.17) is 11.6 Å². The number of carbonyl (C=O) groups is 1. The number of anilines is 2. The van der Waals surface area contributed by atoms with Crippen LogP contribution in [0.3, 0.4) is 0 Å². The zero-order chi connectivity index (χ0) is 20.8. The highest BCUT2D eigenvalue weighted by atomic mass is 35.5. The van der Waals surface area contributed by atoms with Crippen molar-refractivity contribution >= 4 is 40.6 Å². The van der Waals surface area contributed by atoms with E-state index < -0.39 is 34.8 Å². The molecule has 148 valence electrons. The predicted molar refractivity (Wildman–Crippen MR) is 105 cm³/mol. The molecule has 3 aromatic rings. The van der Waals surface area contributed by atoms with Crippen molar-refractivity contribution in [2.45, 2.75) is 22.5 Å². The van der Waals surface area contributed by atoms with E-state index in [9.17, 15) is 22.8 Å². The number of amides is 1. The van der Waals surface area contributed by atoms with Crippen LogP contribution in [0.15, 0.2) is 75.4 Å². The highest BCUT2D eigenvalue weighted by Gasteiger charge is 2.33. The Balaban J connectivity index is 1.77. The Hall–Kier alpha value is -2.71. The molecule has 0 atom stereocenters. The lowest BCUT2D eigenvalue weighted by molar-refractivity contribution is -0.138. The number of fused-ring (bicyclic) bond motifs is 2. The number of aromatic nitrogens is 1. The van der Waals surface area contributed by atoms with E-state index in [0.29, 0.717) is 28.2 Å². The third-order valence-corrected chi connectivity index (χ3v) is 5.76. The maximum Gasteiger partial charge on any atom is 0.417 e. The van der Waals surface area contributed by atoms with Gasteiger partial charge in [0.25, 0.3) is 11.5 Å². The molecule has 0 saturated carbocycles. The molecule has 0 fully saturated rings. The summed E-state index contributed by atoms with van der Waals surface area (Å²) in [6.07, 6.45) is -4.08. The van der Waals surface area contributed by atoms with Crippen LogP contribution in [0, 0.1) is 0 Å². The summed E-state index contributed by atoms with van der Waals surface area (Å²) in [5, 5.41) is -0.595. The fraction of sp³-hybridized carbons (Fsp3) is 0.100. The Morgan fingerprint density at radius 1 is 1.00 bits per heavy atom. The molecule has 2 aromatic carbocycles. The molecule has 2 heterocycles. The molecule has 0 bridgehead atoms. The summed E-state index contributed by atoms with van der Waals surface area (Å²) in [7, 11) is 0. The van der Waals surface area contributed by atoms with Gasteiger partial charge in [0.1, 0.15) is 11.6 Å². The Kier molecular flexibility index (Phi) is 4.92. The van der Waals surface area contributed by atoms with E-state index in [2.05, 4.69) is 0 Å². The molecule has 0 radical (unpaired) electrons. The number of benzene rings is 2. The molecule has 9 heteroatoms. The fourth-order valence-corrected chi connectivity index (χ4v) is 4.35. The van der Waals surface area contributed by atoms with Gasteiger partial charge in [-0.1, -0.05) is 47.6 Å². The van der Waals surface area contributed by atoms with Crippen molar-refractivity contribution in [3.8, 4) is 0 Å². The van der Waals surface area contributed by atoms with E-state index in [0.717, 1.165) is 9.79 Å². The van der Waals surface area contributed by atoms with Gasteiger partial charge in [-0.3, -0.25) is 14.5 Å². The SMILES string of the molecule is O=C(Cn1cc(C(F)(F)F)cc(Cl)c1=O)N1c2ccccc2Sc2ccccc21. The molecule has 29 heavy (non-hydrogen) atoms. The van der Waals surface area contributed by atoms with Crippen LogP contribution < -0.4 is 10.5 Å². The molecular formula is C20H12ClF3N2O2S. The van der Waals surface area contributed by atoms with Crippen LogP contribution in [0.1, 0.15) is 5.56 Å². The second-order valence-electron chi connectivity index (χ2n) is 6.27. The second kappa shape index (κ2) is 7.27. The number of rotatable bonds is 2. The first-order chi connectivity index (χ1) is 13.8. The Morgan fingerprint density at radius 3 is 2.10 bits per heavy atom. The van der Waals surface area contributed by atoms with Gasteiger partial charge in [0.15, 0.2) is 0 Å². The number of hydrogen-bond donors (Lipinski definition) is 0. The highest BCUT2D eigenvalue weighted by molar-refractivity contribution is 7.99. The molecule has 0 aliphatic carbocycles. The maximum atomic E-state index is 13.2. The molecule has 0 unspecified atom stereocenters. The number of hydrogen-bond acceptors (Lipinski definition) is 3. The van der Waals surface area contributed by atoms with Gasteiger partial charge in [0.05, 0.1) is 16.9 Å². The summed E-state index contributed by atoms with van der Waals surface area (Å²) >= 11 is 7.18. The van der Waals surface area contributed by atoms with E-state index in [1.807, 2.05) is 24.3 Å². The molecule has 1 aromatic heterocycles. The van der Waals surface area contributed by atoms with E-state index >= 15 is 0 Å². The lowest BCUT2D eigenvalue weighted by Crippen LogP contribution is -2.35. The van der Waals surface area contributed by atoms with Crippen molar-refractivity contribution in [3.05, 3.63) is 81.7 Å². The summed E-state index contributed by atoms with van der Waals surface area (Å²) in [5.41, 5.74) is -0.745. The minimum atomic E-state index is -4.69. The van der Waals surface area contributed by atoms with E-state index in [1.54, 1.807) is 24.3 Å². The van der Waals surface area contributed by atoms with Crippen molar-refractivity contribution in [2.75, 3.05) is 4.90 Å². The normalized spacial score (nSPS) is 13.0. The first-order valence-corrected chi connectivity index (χ1v) is 9.61. The topological polar surface area (TPSA) is 42.3 Å². The predicted octanol–water partition coefficient (Wildman–Crippen LogP) is 5.35. The minimum absolute atomic E-state index is 0.553. The van der Waals surface area contributed by atoms with Crippen LogP contribution in [-0.4, -0.2) is 10.5 Å². The van der Waals surface area contributed by atoms with Gasteiger partial charge in [0.2, 0.25) is 0 Å². The summed E-state index contributed by atoms with van der Waals surface area (Å²) in [5.74, 6) is -0.553. The molecule has 0 spiro atoms. The standard InChI is InChI=1S/C20H12ClF3N2O2S/c21-13-9-12(20(22,23)24)10-25(19(13)28)11-18(27)26-14-5-1-3-7-16(14)29-17-8-4-2-6-15(17)26/h1-10H,11H2. The summed E-state index contributed by atoms with van der Waals surface area (Å²) in [4.78, 5) is 28.5. The smallest absolute Gasteiger partial charge is 0.304 e. The van der Waals surface area contributed by atoms with Crippen molar-refractivity contribution in [1.82, 2.24) is 4.57 Å². The summed E-state index contributed by atoms with van der Waals surface area (Å²) in [6.45, 7) is -0.587. The third-order valence-electron chi connectivity index (χ3n) is 4.36. The van der Waals surface area contributed by atoms with Gasteiger partial charge < -0.3 is 4.57 Å². The summed E-state index contributed by atoms with van der Waals surface area (Å²) in [6, 6.07) is 15.0. The first-order valence-electron chi connectivity index (χ1n) is 8.42. The first kappa shape index (κ1) is 19.6. The molecule has 0 saturated heterocycles. The van der Waals surface area contributed by atoms with Gasteiger partial charge in [0, 0.05) is 16.0 Å². The van der Waals surface area contributed by atoms with Crippen LogP contribution in [0.5, 0.6) is 0 Å². The Bertz CT molecular complexity index is 1130. The fourth-order valence-electron chi connectivity index (χ4n) is 3.06. The van der Waals surface area contributed by atoms with Crippen LogP contribution in [-0.2, 0) is 17.5 Å². The van der Waals surface area contributed by atoms with E-state index in [-0.39, 0.29) is 0 Å². The number of carbonyl (C=O) groups excluding carboxylic acids is 1. The second-order valence-corrected chi connectivity index (χ2v) is 7.77. The number of nitrogens with zero attached hydrogens (tertiary/aromatic N) is 2. The minimum Gasteiger partial charge on any atom is -0.304 e. The van der Waals surface area contributed by atoms with Crippen molar-refractivity contribution in [3.63, 3.8) is 0 Å². The van der Waals surface area contributed by atoms with E-state index in [1.165, 1.54) is 16.7 Å². The Morgan fingerprint density at radius 2 is 1.55 bits per heavy atom. The molecule has 4 rings (SSSR count). The molecule has 1 aliphatic rings. The van der Waals surface area contributed by atoms with Gasteiger partial charge in [-0.25, -0.2) is 0 Å². The van der Waals surface area contributed by atoms with Crippen LogP contribution in [0.4, 0.5) is 24.5 Å². The number of para-hydroxylation sites is 2. The largest absolute Gasteiger partial charge is 0.417 e. The molecule has 4 nitrogen and oxygen atoms in total.